The van der Waals surface area contributed by atoms with E-state index in [0.29, 0.717) is 0 Å². The van der Waals surface area contributed by atoms with Crippen molar-refractivity contribution in [2.24, 2.45) is 0 Å². The second-order valence-corrected chi connectivity index (χ2v) is 2.25. The van der Waals surface area contributed by atoms with Crippen molar-refractivity contribution in [1.29, 1.82) is 0 Å². The molecule has 0 saturated heterocycles. The standard InChI is InChI=1S/C4H6O5S.Na/c1-2-8-3-4-9-10(5,6)7;/h1H,3-4H2,(H,5,6,7);/q;+1/p-1. The van der Waals surface area contributed by atoms with Crippen LogP contribution in [0.1, 0.15) is 0 Å². The van der Waals surface area contributed by atoms with E-state index in [2.05, 4.69) is 15.3 Å². The predicted molar refractivity (Wildman–Crippen MR) is 30.4 cm³/mol. The predicted octanol–water partition coefficient (Wildman–Crippen LogP) is -3.93. The minimum Gasteiger partial charge on any atom is -0.726 e. The van der Waals surface area contributed by atoms with Gasteiger partial charge in [0.1, 0.15) is 19.3 Å². The summed E-state index contributed by atoms with van der Waals surface area (Å²) in [5, 5.41) is 0. The van der Waals surface area contributed by atoms with E-state index < -0.39 is 10.4 Å². The molecule has 0 saturated carbocycles. The molecular formula is C4H5NaO5S. The zero-order chi connectivity index (χ0) is 8.04. The topological polar surface area (TPSA) is 75.7 Å². The molecular weight excluding hydrogens is 183 g/mol. The number of terminal acetylenes is 1. The third-order valence-electron chi connectivity index (χ3n) is 0.496. The Morgan fingerprint density at radius 3 is 2.36 bits per heavy atom. The molecule has 0 aliphatic rings. The van der Waals surface area contributed by atoms with E-state index in [9.17, 15) is 13.0 Å². The van der Waals surface area contributed by atoms with Crippen molar-refractivity contribution in [3.8, 4) is 12.5 Å². The Labute approximate surface area is 87.3 Å². The molecule has 0 spiro atoms. The molecule has 0 aromatic carbocycles. The van der Waals surface area contributed by atoms with Gasteiger partial charge in [-0.1, -0.05) is 6.42 Å². The van der Waals surface area contributed by atoms with Crippen LogP contribution in [-0.4, -0.2) is 26.2 Å². The SMILES string of the molecule is C#COCCOS(=O)(=O)[O-].[Na+]. The van der Waals surface area contributed by atoms with Crippen LogP contribution >= 0.6 is 0 Å². The maximum atomic E-state index is 9.71. The van der Waals surface area contributed by atoms with Gasteiger partial charge in [-0.05, 0) is 0 Å². The fourth-order valence-electron chi connectivity index (χ4n) is 0.237. The second kappa shape index (κ2) is 6.91. The van der Waals surface area contributed by atoms with Crippen molar-refractivity contribution in [3.63, 3.8) is 0 Å². The van der Waals surface area contributed by atoms with Gasteiger partial charge in [0.05, 0.1) is 0 Å². The smallest absolute Gasteiger partial charge is 0.726 e. The van der Waals surface area contributed by atoms with Gasteiger partial charge < -0.3 is 9.29 Å². The van der Waals surface area contributed by atoms with Gasteiger partial charge in [0.15, 0.2) is 0 Å². The van der Waals surface area contributed by atoms with Crippen molar-refractivity contribution in [1.82, 2.24) is 0 Å². The van der Waals surface area contributed by atoms with E-state index in [0.717, 1.165) is 0 Å². The molecule has 11 heavy (non-hydrogen) atoms. The molecule has 0 rings (SSSR count). The van der Waals surface area contributed by atoms with Gasteiger partial charge in [-0.25, -0.2) is 8.42 Å². The molecule has 0 radical (unpaired) electrons. The minimum atomic E-state index is -4.60. The van der Waals surface area contributed by atoms with E-state index in [1.54, 1.807) is 6.11 Å². The Morgan fingerprint density at radius 2 is 2.00 bits per heavy atom. The van der Waals surface area contributed by atoms with Gasteiger partial charge in [-0.15, -0.1) is 0 Å². The Kier molecular flexibility index (Phi) is 8.67. The Morgan fingerprint density at radius 1 is 1.45 bits per heavy atom. The van der Waals surface area contributed by atoms with Crippen molar-refractivity contribution in [3.05, 3.63) is 0 Å². The third-order valence-corrected chi connectivity index (χ3v) is 0.952. The molecule has 0 unspecified atom stereocenters. The molecule has 0 amide bonds. The first-order valence-corrected chi connectivity index (χ1v) is 3.57. The molecule has 0 fully saturated rings. The minimum absolute atomic E-state index is 0. The molecule has 5 nitrogen and oxygen atoms in total. The van der Waals surface area contributed by atoms with E-state index >= 15 is 0 Å². The average molecular weight is 188 g/mol. The van der Waals surface area contributed by atoms with Crippen molar-refractivity contribution in [2.75, 3.05) is 13.2 Å². The maximum Gasteiger partial charge on any atom is 1.00 e. The molecule has 0 atom stereocenters. The van der Waals surface area contributed by atoms with Crippen LogP contribution in [0.25, 0.3) is 0 Å². The van der Waals surface area contributed by atoms with Crippen LogP contribution in [0.5, 0.6) is 0 Å². The Bertz CT molecular complexity index is 215. The molecule has 0 bridgehead atoms. The number of rotatable bonds is 4. The summed E-state index contributed by atoms with van der Waals surface area (Å²) in [5.41, 5.74) is 0. The van der Waals surface area contributed by atoms with Crippen molar-refractivity contribution in [2.45, 2.75) is 0 Å². The molecule has 0 aliphatic heterocycles. The van der Waals surface area contributed by atoms with E-state index in [1.165, 1.54) is 0 Å². The van der Waals surface area contributed by atoms with Crippen LogP contribution in [-0.2, 0) is 19.3 Å². The summed E-state index contributed by atoms with van der Waals surface area (Å²) in [7, 11) is -4.60. The van der Waals surface area contributed by atoms with Crippen LogP contribution in [0, 0.1) is 12.5 Å². The Balaban J connectivity index is 0. The molecule has 0 aromatic heterocycles. The monoisotopic (exact) mass is 188 g/mol. The summed E-state index contributed by atoms with van der Waals surface area (Å²) < 4.78 is 37.1. The molecule has 0 heterocycles. The first kappa shape index (κ1) is 13.8. The zero-order valence-electron chi connectivity index (χ0n) is 5.94. The van der Waals surface area contributed by atoms with Gasteiger partial charge in [0, 0.05) is 0 Å². The fraction of sp³-hybridized carbons (Fsp3) is 0.500. The summed E-state index contributed by atoms with van der Waals surface area (Å²) in [5.74, 6) is 0. The summed E-state index contributed by atoms with van der Waals surface area (Å²) in [4.78, 5) is 0. The summed E-state index contributed by atoms with van der Waals surface area (Å²) >= 11 is 0. The zero-order valence-corrected chi connectivity index (χ0v) is 8.76. The third kappa shape index (κ3) is 13.3. The van der Waals surface area contributed by atoms with Gasteiger partial charge in [-0.2, -0.15) is 0 Å². The average Bonchev–Trinajstić information content (AvgIpc) is 1.78. The van der Waals surface area contributed by atoms with Crippen LogP contribution in [0.2, 0.25) is 0 Å². The fourth-order valence-corrected chi connectivity index (χ4v) is 0.509. The summed E-state index contributed by atoms with van der Waals surface area (Å²) in [6, 6.07) is 0. The maximum absolute atomic E-state index is 9.71. The van der Waals surface area contributed by atoms with Crippen LogP contribution in [0.4, 0.5) is 0 Å². The number of hydrogen-bond donors (Lipinski definition) is 0. The van der Waals surface area contributed by atoms with Crippen LogP contribution in [0.3, 0.4) is 0 Å². The summed E-state index contributed by atoms with van der Waals surface area (Å²) in [6.45, 7) is -0.464. The quantitative estimate of drug-likeness (QED) is 0.148. The molecule has 0 aliphatic carbocycles. The first-order valence-electron chi connectivity index (χ1n) is 2.24. The summed E-state index contributed by atoms with van der Waals surface area (Å²) in [6.07, 6.45) is 6.40. The van der Waals surface area contributed by atoms with Gasteiger partial charge in [-0.3, -0.25) is 4.18 Å². The Hall–Kier alpha value is 0.230. The van der Waals surface area contributed by atoms with Gasteiger partial charge in [0.2, 0.25) is 10.4 Å². The van der Waals surface area contributed by atoms with E-state index in [1.807, 2.05) is 0 Å². The number of hydrogen-bond acceptors (Lipinski definition) is 5. The number of ether oxygens (including phenoxy) is 1. The largest absolute Gasteiger partial charge is 1.00 e. The van der Waals surface area contributed by atoms with Crippen molar-refractivity contribution < 1.29 is 51.4 Å². The van der Waals surface area contributed by atoms with Gasteiger partial charge >= 0.3 is 29.6 Å². The molecule has 0 aromatic rings. The molecule has 0 N–H and O–H groups in total. The normalized spacial score (nSPS) is 9.45. The van der Waals surface area contributed by atoms with E-state index in [4.69, 9.17) is 0 Å². The molecule has 7 heteroatoms. The first-order chi connectivity index (χ1) is 4.56. The van der Waals surface area contributed by atoms with Crippen LogP contribution in [0.15, 0.2) is 0 Å². The van der Waals surface area contributed by atoms with E-state index in [-0.39, 0.29) is 42.8 Å². The van der Waals surface area contributed by atoms with Gasteiger partial charge in [0.25, 0.3) is 0 Å². The van der Waals surface area contributed by atoms with Crippen molar-refractivity contribution >= 4 is 10.4 Å². The van der Waals surface area contributed by atoms with Crippen LogP contribution < -0.4 is 29.6 Å². The second-order valence-electron chi connectivity index (χ2n) is 1.20. The molecule has 58 valence electrons.